The van der Waals surface area contributed by atoms with Gasteiger partial charge in [0, 0.05) is 43.8 Å². The van der Waals surface area contributed by atoms with Gasteiger partial charge < -0.3 is 24.8 Å². The van der Waals surface area contributed by atoms with Gasteiger partial charge in [-0.2, -0.15) is 0 Å². The van der Waals surface area contributed by atoms with Crippen molar-refractivity contribution in [1.29, 1.82) is 0 Å². The molecule has 0 unspecified atom stereocenters. The molecule has 0 bridgehead atoms. The second kappa shape index (κ2) is 15.9. The predicted molar refractivity (Wildman–Crippen MR) is 151 cm³/mol. The normalized spacial score (nSPS) is 25.0. The molecule has 0 saturated carbocycles. The van der Waals surface area contributed by atoms with E-state index in [-0.39, 0.29) is 0 Å². The molecule has 5 rings (SSSR count). The van der Waals surface area contributed by atoms with Crippen LogP contribution < -0.4 is 5.32 Å². The van der Waals surface area contributed by atoms with Crippen molar-refractivity contribution >= 4 is 0 Å². The van der Waals surface area contributed by atoms with Crippen LogP contribution in [0.3, 0.4) is 0 Å². The topological polar surface area (TPSA) is 34.2 Å². The van der Waals surface area contributed by atoms with E-state index >= 15 is 0 Å². The van der Waals surface area contributed by atoms with Gasteiger partial charge in [-0.1, -0.05) is 0 Å². The van der Waals surface area contributed by atoms with Crippen molar-refractivity contribution in [3.8, 4) is 0 Å². The van der Waals surface area contributed by atoms with Crippen LogP contribution in [0.5, 0.6) is 0 Å². The Labute approximate surface area is 219 Å². The molecule has 5 heterocycles. The Morgan fingerprint density at radius 1 is 0.543 bits per heavy atom. The molecule has 5 aliphatic rings. The zero-order valence-electron chi connectivity index (χ0n) is 24.8. The largest absolute Gasteiger partial charge is 0.365 e. The fourth-order valence-electron chi connectivity index (χ4n) is 5.30. The molecule has 6 nitrogen and oxygen atoms in total. The molecule has 5 saturated heterocycles. The van der Waals surface area contributed by atoms with E-state index in [1.165, 1.54) is 84.5 Å². The zero-order valence-corrected chi connectivity index (χ0v) is 24.8. The van der Waals surface area contributed by atoms with Crippen molar-refractivity contribution in [2.45, 2.75) is 112 Å². The van der Waals surface area contributed by atoms with E-state index in [0.29, 0.717) is 11.5 Å². The Hall–Kier alpha value is -0.240. The second-order valence-corrected chi connectivity index (χ2v) is 12.5. The van der Waals surface area contributed by atoms with Gasteiger partial charge >= 0.3 is 0 Å². The molecule has 0 aromatic heterocycles. The Kier molecular flexibility index (Phi) is 14.1. The van der Waals surface area contributed by atoms with Gasteiger partial charge in [0.1, 0.15) is 0 Å². The first kappa shape index (κ1) is 31.0. The average molecular weight is 496 g/mol. The molecule has 0 aromatic carbocycles. The average Bonchev–Trinajstić information content (AvgIpc) is 3.47. The van der Waals surface area contributed by atoms with Gasteiger partial charge in [-0.05, 0) is 132 Å². The van der Waals surface area contributed by atoms with E-state index in [2.05, 4.69) is 80.3 Å². The lowest BCUT2D eigenvalue weighted by Gasteiger charge is -2.49. The number of hydrogen-bond acceptors (Lipinski definition) is 6. The molecule has 6 heteroatoms. The SMILES string of the molecule is CC(C)N1CCC1.CC(C)N1CCC2(CC1)CNC2.CC(C)N1CCCC1.CC(C)N1CCOC1. The first-order valence-electron chi connectivity index (χ1n) is 14.9. The number of ether oxygens (including phenoxy) is 1. The lowest BCUT2D eigenvalue weighted by molar-refractivity contribution is 0.0418. The summed E-state index contributed by atoms with van der Waals surface area (Å²) in [5.41, 5.74) is 0.714. The van der Waals surface area contributed by atoms with Gasteiger partial charge in [0.05, 0.1) is 13.3 Å². The van der Waals surface area contributed by atoms with Crippen molar-refractivity contribution < 1.29 is 4.74 Å². The van der Waals surface area contributed by atoms with Gasteiger partial charge in [-0.3, -0.25) is 4.90 Å². The van der Waals surface area contributed by atoms with Crippen molar-refractivity contribution in [3.05, 3.63) is 0 Å². The van der Waals surface area contributed by atoms with Gasteiger partial charge in [0.15, 0.2) is 0 Å². The summed E-state index contributed by atoms with van der Waals surface area (Å²) in [6.07, 6.45) is 7.07. The molecule has 0 aliphatic carbocycles. The summed E-state index contributed by atoms with van der Waals surface area (Å²) in [6, 6.07) is 2.96. The van der Waals surface area contributed by atoms with Gasteiger partial charge in [-0.25, -0.2) is 0 Å². The van der Waals surface area contributed by atoms with E-state index in [9.17, 15) is 0 Å². The third-order valence-electron chi connectivity index (χ3n) is 8.59. The Balaban J connectivity index is 0.000000169. The maximum atomic E-state index is 5.14. The highest BCUT2D eigenvalue weighted by Gasteiger charge is 2.39. The molecule has 0 amide bonds. The number of likely N-dealkylation sites (tertiary alicyclic amines) is 3. The van der Waals surface area contributed by atoms with Crippen LogP contribution in [0.4, 0.5) is 0 Å². The van der Waals surface area contributed by atoms with E-state index < -0.39 is 0 Å². The fourth-order valence-corrected chi connectivity index (χ4v) is 5.30. The summed E-state index contributed by atoms with van der Waals surface area (Å²) in [7, 11) is 0. The number of nitrogens with zero attached hydrogens (tertiary/aromatic N) is 4. The molecule has 1 N–H and O–H groups in total. The molecule has 5 aliphatic heterocycles. The number of rotatable bonds is 4. The highest BCUT2D eigenvalue weighted by Crippen LogP contribution is 2.35. The summed E-state index contributed by atoms with van der Waals surface area (Å²) >= 11 is 0. The highest BCUT2D eigenvalue weighted by atomic mass is 16.5. The van der Waals surface area contributed by atoms with Crippen molar-refractivity contribution in [1.82, 2.24) is 24.9 Å². The van der Waals surface area contributed by atoms with E-state index in [4.69, 9.17) is 4.74 Å². The van der Waals surface area contributed by atoms with Crippen LogP contribution in [-0.4, -0.2) is 116 Å². The Bertz CT molecular complexity index is 503. The molecule has 5 fully saturated rings. The third-order valence-corrected chi connectivity index (χ3v) is 8.59. The lowest BCUT2D eigenvalue weighted by Crippen LogP contribution is -2.58. The quantitative estimate of drug-likeness (QED) is 0.624. The number of nitrogens with one attached hydrogen (secondary N) is 1. The minimum atomic E-state index is 0.650. The standard InChI is InChI=1S/C10H20N2.C7H15N.C6H13NO.C6H13N/c1-9(2)12-5-3-10(4-6-12)7-11-8-10;1-7(2)8-5-3-4-6-8;1-6(2)7-3-4-8-5-7;1-6(2)7-4-3-5-7/h9,11H,3-8H2,1-2H3;7H,3-6H2,1-2H3;6H,3-5H2,1-2H3;6H,3-5H2,1-2H3. The predicted octanol–water partition coefficient (Wildman–Crippen LogP) is 4.36. The first-order valence-corrected chi connectivity index (χ1v) is 14.9. The summed E-state index contributed by atoms with van der Waals surface area (Å²) < 4.78 is 5.14. The van der Waals surface area contributed by atoms with Crippen LogP contribution in [0.15, 0.2) is 0 Å². The monoisotopic (exact) mass is 495 g/mol. The summed E-state index contributed by atoms with van der Waals surface area (Å²) in [5, 5.41) is 3.40. The molecular formula is C29H61N5O. The Morgan fingerprint density at radius 2 is 0.971 bits per heavy atom. The molecule has 35 heavy (non-hydrogen) atoms. The van der Waals surface area contributed by atoms with Crippen molar-refractivity contribution in [2.24, 2.45) is 5.41 Å². The van der Waals surface area contributed by atoms with Gasteiger partial charge in [0.25, 0.3) is 0 Å². The molecular weight excluding hydrogens is 434 g/mol. The molecule has 0 aromatic rings. The highest BCUT2D eigenvalue weighted by molar-refractivity contribution is 4.96. The van der Waals surface area contributed by atoms with Crippen LogP contribution in [-0.2, 0) is 4.74 Å². The molecule has 208 valence electrons. The van der Waals surface area contributed by atoms with Crippen LogP contribution in [0.25, 0.3) is 0 Å². The minimum absolute atomic E-state index is 0.650. The summed E-state index contributed by atoms with van der Waals surface area (Å²) in [4.78, 5) is 9.91. The van der Waals surface area contributed by atoms with E-state index in [1.54, 1.807) is 0 Å². The van der Waals surface area contributed by atoms with Gasteiger partial charge in [0.2, 0.25) is 0 Å². The van der Waals surface area contributed by atoms with Crippen LogP contribution >= 0.6 is 0 Å². The van der Waals surface area contributed by atoms with Crippen molar-refractivity contribution in [3.63, 3.8) is 0 Å². The molecule has 0 atom stereocenters. The minimum Gasteiger partial charge on any atom is -0.365 e. The van der Waals surface area contributed by atoms with Crippen LogP contribution in [0, 0.1) is 5.41 Å². The zero-order chi connectivity index (χ0) is 25.8. The smallest absolute Gasteiger partial charge is 0.0993 e. The second-order valence-electron chi connectivity index (χ2n) is 12.5. The maximum Gasteiger partial charge on any atom is 0.0993 e. The first-order chi connectivity index (χ1) is 16.6. The molecule has 0 radical (unpaired) electrons. The number of piperidine rings is 1. The van der Waals surface area contributed by atoms with E-state index in [1.807, 2.05) is 0 Å². The Morgan fingerprint density at radius 3 is 1.20 bits per heavy atom. The van der Waals surface area contributed by atoms with Crippen molar-refractivity contribution in [2.75, 3.05) is 72.2 Å². The fraction of sp³-hybridized carbons (Fsp3) is 1.00. The van der Waals surface area contributed by atoms with Crippen LogP contribution in [0.1, 0.15) is 87.5 Å². The maximum absolute atomic E-state index is 5.14. The van der Waals surface area contributed by atoms with Crippen LogP contribution in [0.2, 0.25) is 0 Å². The molecule has 1 spiro atoms. The summed E-state index contributed by atoms with van der Waals surface area (Å²) in [5.74, 6) is 0. The lowest BCUT2D eigenvalue weighted by atomic mass is 9.73. The number of hydrogen-bond donors (Lipinski definition) is 1. The van der Waals surface area contributed by atoms with Gasteiger partial charge in [-0.15, -0.1) is 0 Å². The third kappa shape index (κ3) is 11.0. The van der Waals surface area contributed by atoms with E-state index in [0.717, 1.165) is 38.0 Å². The summed E-state index contributed by atoms with van der Waals surface area (Å²) in [6.45, 7) is 31.4.